The van der Waals surface area contributed by atoms with Crippen molar-refractivity contribution >= 4 is 35.4 Å². The van der Waals surface area contributed by atoms with Gasteiger partial charge in [-0.3, -0.25) is 28.8 Å². The van der Waals surface area contributed by atoms with Crippen LogP contribution in [0.15, 0.2) is 0 Å². The Bertz CT molecular complexity index is 712. The fourth-order valence-electron chi connectivity index (χ4n) is 2.74. The average molecular weight is 487 g/mol. The molecule has 0 aromatic heterocycles. The van der Waals surface area contributed by atoms with Crippen LogP contribution in [0.1, 0.15) is 61.3 Å². The average Bonchev–Trinajstić information content (AvgIpc) is 2.77. The van der Waals surface area contributed by atoms with E-state index in [0.717, 1.165) is 0 Å². The zero-order valence-corrected chi connectivity index (χ0v) is 21.8. The molecule has 6 N–H and O–H groups in total. The molecule has 0 unspecified atom stereocenters. The Labute approximate surface area is 202 Å². The molecule has 6 amide bonds. The number of nitrogens with one attached hydrogen (secondary N) is 6. The molecule has 0 aliphatic heterocycles. The van der Waals surface area contributed by atoms with Gasteiger partial charge in [-0.1, -0.05) is 27.7 Å². The number of carbonyl (C=O) groups excluding carboxylic acids is 6. The molecule has 0 rings (SSSR count). The molecule has 0 radical (unpaired) electrons. The first-order valence-corrected chi connectivity index (χ1v) is 11.3. The molecule has 0 saturated heterocycles. The van der Waals surface area contributed by atoms with E-state index in [9.17, 15) is 28.8 Å². The summed E-state index contributed by atoms with van der Waals surface area (Å²) in [7, 11) is 3.03. The monoisotopic (exact) mass is 486 g/mol. The van der Waals surface area contributed by atoms with E-state index in [1.807, 2.05) is 20.8 Å². The quantitative estimate of drug-likeness (QED) is 0.217. The third-order valence-electron chi connectivity index (χ3n) is 4.70. The Balaban J connectivity index is 0. The fraction of sp³-hybridized carbons (Fsp3) is 0.727. The van der Waals surface area contributed by atoms with Gasteiger partial charge in [0.15, 0.2) is 0 Å². The van der Waals surface area contributed by atoms with Crippen LogP contribution < -0.4 is 31.9 Å². The molecular formula is C22H42N6O6. The summed E-state index contributed by atoms with van der Waals surface area (Å²) in [5, 5.41) is 15.2. The van der Waals surface area contributed by atoms with E-state index in [1.54, 1.807) is 13.8 Å². The van der Waals surface area contributed by atoms with Crippen LogP contribution in [-0.4, -0.2) is 73.7 Å². The number of hydrogen-bond donors (Lipinski definition) is 6. The summed E-state index contributed by atoms with van der Waals surface area (Å²) in [6.45, 7) is 11.5. The van der Waals surface area contributed by atoms with E-state index in [-0.39, 0.29) is 41.4 Å². The second-order valence-electron chi connectivity index (χ2n) is 8.01. The van der Waals surface area contributed by atoms with Gasteiger partial charge in [-0.15, -0.1) is 0 Å². The van der Waals surface area contributed by atoms with Crippen LogP contribution in [-0.2, 0) is 28.8 Å². The number of hydrogen-bond acceptors (Lipinski definition) is 6. The highest BCUT2D eigenvalue weighted by Crippen LogP contribution is 2.03. The largest absolute Gasteiger partial charge is 0.357 e. The van der Waals surface area contributed by atoms with Crippen LogP contribution in [0.25, 0.3) is 0 Å². The molecule has 34 heavy (non-hydrogen) atoms. The van der Waals surface area contributed by atoms with Gasteiger partial charge in [0.25, 0.3) is 0 Å². The van der Waals surface area contributed by atoms with Gasteiger partial charge in [-0.2, -0.15) is 0 Å². The van der Waals surface area contributed by atoms with E-state index in [2.05, 4.69) is 31.9 Å². The van der Waals surface area contributed by atoms with Gasteiger partial charge in [-0.25, -0.2) is 0 Å². The zero-order chi connectivity index (χ0) is 27.0. The maximum atomic E-state index is 12.0. The predicted octanol–water partition coefficient (Wildman–Crippen LogP) is -1.06. The van der Waals surface area contributed by atoms with Crippen molar-refractivity contribution in [2.75, 3.05) is 14.1 Å². The summed E-state index contributed by atoms with van der Waals surface area (Å²) in [5.41, 5.74) is 0. The van der Waals surface area contributed by atoms with Crippen LogP contribution in [0.3, 0.4) is 0 Å². The number of likely N-dealkylation sites (N-methyl/N-ethyl adjacent to an activating group) is 2. The maximum absolute atomic E-state index is 12.0. The van der Waals surface area contributed by atoms with Gasteiger partial charge in [-0.05, 0) is 25.7 Å². The lowest BCUT2D eigenvalue weighted by molar-refractivity contribution is -0.132. The first-order valence-electron chi connectivity index (χ1n) is 11.3. The topological polar surface area (TPSA) is 175 Å². The van der Waals surface area contributed by atoms with Gasteiger partial charge < -0.3 is 31.9 Å². The van der Waals surface area contributed by atoms with Crippen molar-refractivity contribution in [1.29, 1.82) is 0 Å². The van der Waals surface area contributed by atoms with Crippen LogP contribution in [0.5, 0.6) is 0 Å². The van der Waals surface area contributed by atoms with Gasteiger partial charge in [0.1, 0.15) is 24.2 Å². The molecule has 4 atom stereocenters. The van der Waals surface area contributed by atoms with Gasteiger partial charge in [0.2, 0.25) is 35.4 Å². The third kappa shape index (κ3) is 13.4. The molecule has 12 heteroatoms. The van der Waals surface area contributed by atoms with Gasteiger partial charge in [0, 0.05) is 27.9 Å². The molecular weight excluding hydrogens is 444 g/mol. The second kappa shape index (κ2) is 17.3. The molecule has 0 aliphatic carbocycles. The van der Waals surface area contributed by atoms with Crippen molar-refractivity contribution in [2.45, 2.75) is 85.5 Å². The summed E-state index contributed by atoms with van der Waals surface area (Å²) in [5.74, 6) is -1.79. The Kier molecular flexibility index (Phi) is 16.8. The van der Waals surface area contributed by atoms with Crippen molar-refractivity contribution in [3.63, 3.8) is 0 Å². The van der Waals surface area contributed by atoms with Crippen molar-refractivity contribution < 1.29 is 28.8 Å². The first-order chi connectivity index (χ1) is 15.7. The highest BCUT2D eigenvalue weighted by molar-refractivity contribution is 5.92. The molecule has 0 spiro atoms. The lowest BCUT2D eigenvalue weighted by atomic mass is 10.0. The van der Waals surface area contributed by atoms with E-state index < -0.39 is 24.2 Å². The number of carbonyl (C=O) groups is 6. The minimum absolute atomic E-state index is 0.0453. The van der Waals surface area contributed by atoms with Crippen molar-refractivity contribution in [3.05, 3.63) is 0 Å². The first kappa shape index (κ1) is 33.0. The van der Waals surface area contributed by atoms with E-state index in [1.165, 1.54) is 27.9 Å². The Morgan fingerprint density at radius 3 is 1.26 bits per heavy atom. The highest BCUT2D eigenvalue weighted by atomic mass is 16.2. The molecule has 0 bridgehead atoms. The van der Waals surface area contributed by atoms with Crippen molar-refractivity contribution in [1.82, 2.24) is 31.9 Å². The number of rotatable bonds is 11. The summed E-state index contributed by atoms with van der Waals surface area (Å²) >= 11 is 0. The van der Waals surface area contributed by atoms with Crippen LogP contribution in [0, 0.1) is 5.92 Å². The SMILES string of the molecule is CC[C@H](NC(=O)[C@@H](NC(C)=O)C(C)C)C(=O)NC.CC[C@H](NC(=O)[C@H](C)NC(C)=O)C(=O)NC. The fourth-order valence-corrected chi connectivity index (χ4v) is 2.74. The normalized spacial score (nSPS) is 13.6. The lowest BCUT2D eigenvalue weighted by Crippen LogP contribution is -2.54. The van der Waals surface area contributed by atoms with Gasteiger partial charge >= 0.3 is 0 Å². The summed E-state index contributed by atoms with van der Waals surface area (Å²) in [6, 6.07) is -2.40. The molecule has 0 aromatic carbocycles. The zero-order valence-electron chi connectivity index (χ0n) is 21.8. The standard InChI is InChI=1S/C12H23N3O3.C10H19N3O3/c1-6-9(11(17)13-5)15-12(18)10(7(2)3)14-8(4)16;1-5-8(10(16)11-4)13-9(15)6(2)12-7(3)14/h7,9-10H,6H2,1-5H3,(H,13,17)(H,14,16)(H,15,18);6,8H,5H2,1-4H3,(H,11,16)(H,12,14)(H,13,15)/t9-,10-;6-,8-/m00/s1. The molecule has 0 fully saturated rings. The maximum Gasteiger partial charge on any atom is 0.243 e. The predicted molar refractivity (Wildman–Crippen MR) is 128 cm³/mol. The van der Waals surface area contributed by atoms with Crippen molar-refractivity contribution in [2.24, 2.45) is 5.92 Å². The second-order valence-corrected chi connectivity index (χ2v) is 8.01. The smallest absolute Gasteiger partial charge is 0.243 e. The molecule has 0 aliphatic rings. The van der Waals surface area contributed by atoms with Gasteiger partial charge in [0.05, 0.1) is 0 Å². The lowest BCUT2D eigenvalue weighted by Gasteiger charge is -2.23. The van der Waals surface area contributed by atoms with Crippen molar-refractivity contribution in [3.8, 4) is 0 Å². The minimum Gasteiger partial charge on any atom is -0.357 e. The summed E-state index contributed by atoms with van der Waals surface area (Å²) < 4.78 is 0. The summed E-state index contributed by atoms with van der Waals surface area (Å²) in [4.78, 5) is 68.1. The Morgan fingerprint density at radius 2 is 0.971 bits per heavy atom. The molecule has 0 aromatic rings. The van der Waals surface area contributed by atoms with Crippen LogP contribution in [0.4, 0.5) is 0 Å². The highest BCUT2D eigenvalue weighted by Gasteiger charge is 2.26. The number of amides is 6. The van der Waals surface area contributed by atoms with Crippen LogP contribution >= 0.6 is 0 Å². The Hall–Kier alpha value is -3.18. The molecule has 0 heterocycles. The van der Waals surface area contributed by atoms with Crippen LogP contribution in [0.2, 0.25) is 0 Å². The van der Waals surface area contributed by atoms with E-state index in [0.29, 0.717) is 12.8 Å². The third-order valence-corrected chi connectivity index (χ3v) is 4.70. The molecule has 12 nitrogen and oxygen atoms in total. The van der Waals surface area contributed by atoms with E-state index >= 15 is 0 Å². The Morgan fingerprint density at radius 1 is 0.588 bits per heavy atom. The summed E-state index contributed by atoms with van der Waals surface area (Å²) in [6.07, 6.45) is 0.995. The van der Waals surface area contributed by atoms with E-state index in [4.69, 9.17) is 0 Å². The molecule has 196 valence electrons. The molecule has 0 saturated carbocycles. The minimum atomic E-state index is -0.642.